The maximum Gasteiger partial charge on any atom is 0.256 e. The predicted octanol–water partition coefficient (Wildman–Crippen LogP) is 3.20. The molecule has 1 aliphatic carbocycles. The highest BCUT2D eigenvalue weighted by Gasteiger charge is 2.38. The molecule has 2 aliphatic rings. The predicted molar refractivity (Wildman–Crippen MR) is 76.9 cm³/mol. The van der Waals surface area contributed by atoms with Crippen LogP contribution in [0.5, 0.6) is 0 Å². The maximum absolute atomic E-state index is 13.8. The van der Waals surface area contributed by atoms with Gasteiger partial charge in [0.1, 0.15) is 5.82 Å². The van der Waals surface area contributed by atoms with Crippen LogP contribution in [0.25, 0.3) is 0 Å². The summed E-state index contributed by atoms with van der Waals surface area (Å²) in [5, 5.41) is 0. The molecule has 1 amide bonds. The standard InChI is InChI=1S/C16H21FN2O/c17-14-11-12(18)3-4-13(14)15(20)19-9-7-16(8-10-19)5-1-2-6-16/h3-4,11H,1-2,5-10,18H2. The number of nitrogen functional groups attached to an aromatic ring is 1. The minimum Gasteiger partial charge on any atom is -0.399 e. The van der Waals surface area contributed by atoms with Crippen LogP contribution >= 0.6 is 0 Å². The van der Waals surface area contributed by atoms with Gasteiger partial charge >= 0.3 is 0 Å². The summed E-state index contributed by atoms with van der Waals surface area (Å²) in [5.74, 6) is -0.716. The number of rotatable bonds is 1. The first-order chi connectivity index (χ1) is 9.60. The molecule has 1 saturated carbocycles. The van der Waals surface area contributed by atoms with Crippen molar-refractivity contribution >= 4 is 11.6 Å². The number of nitrogens with two attached hydrogens (primary N) is 1. The first-order valence-electron chi connectivity index (χ1n) is 7.44. The van der Waals surface area contributed by atoms with E-state index in [1.165, 1.54) is 37.8 Å². The van der Waals surface area contributed by atoms with E-state index in [1.54, 1.807) is 11.0 Å². The molecule has 0 bridgehead atoms. The molecule has 1 aromatic carbocycles. The van der Waals surface area contributed by atoms with Gasteiger partial charge in [-0.3, -0.25) is 4.79 Å². The Hall–Kier alpha value is -1.58. The van der Waals surface area contributed by atoms with Gasteiger partial charge in [-0.15, -0.1) is 0 Å². The smallest absolute Gasteiger partial charge is 0.256 e. The molecule has 1 aromatic rings. The van der Waals surface area contributed by atoms with Crippen molar-refractivity contribution in [3.63, 3.8) is 0 Å². The largest absolute Gasteiger partial charge is 0.399 e. The average molecular weight is 276 g/mol. The summed E-state index contributed by atoms with van der Waals surface area (Å²) in [6.07, 6.45) is 7.36. The van der Waals surface area contributed by atoms with Gasteiger partial charge in [0.2, 0.25) is 0 Å². The highest BCUT2D eigenvalue weighted by Crippen LogP contribution is 2.46. The summed E-state index contributed by atoms with van der Waals surface area (Å²) in [6.45, 7) is 1.51. The second-order valence-corrected chi connectivity index (χ2v) is 6.24. The molecular formula is C16H21FN2O. The van der Waals surface area contributed by atoms with Crippen molar-refractivity contribution in [1.82, 2.24) is 4.90 Å². The molecule has 20 heavy (non-hydrogen) atoms. The lowest BCUT2D eigenvalue weighted by Gasteiger charge is -2.39. The van der Waals surface area contributed by atoms with E-state index in [0.717, 1.165) is 25.9 Å². The zero-order valence-corrected chi connectivity index (χ0v) is 11.7. The van der Waals surface area contributed by atoms with Crippen LogP contribution in [0.15, 0.2) is 18.2 Å². The fourth-order valence-corrected chi connectivity index (χ4v) is 3.68. The Labute approximate surface area is 118 Å². The Morgan fingerprint density at radius 1 is 1.15 bits per heavy atom. The van der Waals surface area contributed by atoms with Gasteiger partial charge in [-0.25, -0.2) is 4.39 Å². The van der Waals surface area contributed by atoms with Crippen molar-refractivity contribution in [3.8, 4) is 0 Å². The third-order valence-electron chi connectivity index (χ3n) is 5.00. The van der Waals surface area contributed by atoms with Crippen molar-refractivity contribution in [1.29, 1.82) is 0 Å². The maximum atomic E-state index is 13.8. The van der Waals surface area contributed by atoms with Crippen LogP contribution in [0, 0.1) is 11.2 Å². The van der Waals surface area contributed by atoms with Crippen LogP contribution in [-0.2, 0) is 0 Å². The van der Waals surface area contributed by atoms with E-state index >= 15 is 0 Å². The summed E-state index contributed by atoms with van der Waals surface area (Å²) in [6, 6.07) is 4.29. The lowest BCUT2D eigenvalue weighted by Crippen LogP contribution is -2.42. The van der Waals surface area contributed by atoms with Gasteiger partial charge in [0, 0.05) is 18.8 Å². The first-order valence-corrected chi connectivity index (χ1v) is 7.44. The minimum atomic E-state index is -0.517. The Kier molecular flexibility index (Phi) is 3.40. The van der Waals surface area contributed by atoms with Crippen molar-refractivity contribution in [2.24, 2.45) is 5.41 Å². The van der Waals surface area contributed by atoms with Gasteiger partial charge in [0.25, 0.3) is 5.91 Å². The summed E-state index contributed by atoms with van der Waals surface area (Å²) in [4.78, 5) is 14.2. The summed E-state index contributed by atoms with van der Waals surface area (Å²) >= 11 is 0. The molecule has 0 aromatic heterocycles. The summed E-state index contributed by atoms with van der Waals surface area (Å²) < 4.78 is 13.8. The molecule has 1 saturated heterocycles. The molecular weight excluding hydrogens is 255 g/mol. The van der Waals surface area contributed by atoms with Crippen molar-refractivity contribution < 1.29 is 9.18 Å². The van der Waals surface area contributed by atoms with E-state index in [0.29, 0.717) is 11.1 Å². The van der Waals surface area contributed by atoms with E-state index in [1.807, 2.05) is 0 Å². The van der Waals surface area contributed by atoms with Crippen molar-refractivity contribution in [3.05, 3.63) is 29.6 Å². The monoisotopic (exact) mass is 276 g/mol. The van der Waals surface area contributed by atoms with Gasteiger partial charge in [0.15, 0.2) is 0 Å². The Morgan fingerprint density at radius 2 is 1.80 bits per heavy atom. The lowest BCUT2D eigenvalue weighted by molar-refractivity contribution is 0.0583. The number of anilines is 1. The van der Waals surface area contributed by atoms with Crippen LogP contribution in [0.2, 0.25) is 0 Å². The van der Waals surface area contributed by atoms with Crippen LogP contribution < -0.4 is 5.73 Å². The zero-order valence-electron chi connectivity index (χ0n) is 11.7. The molecule has 2 fully saturated rings. The number of amides is 1. The molecule has 108 valence electrons. The van der Waals surface area contributed by atoms with E-state index < -0.39 is 5.82 Å². The van der Waals surface area contributed by atoms with Crippen molar-refractivity contribution in [2.45, 2.75) is 38.5 Å². The third-order valence-corrected chi connectivity index (χ3v) is 5.00. The van der Waals surface area contributed by atoms with Crippen LogP contribution in [0.4, 0.5) is 10.1 Å². The van der Waals surface area contributed by atoms with E-state index in [4.69, 9.17) is 5.73 Å². The first kappa shape index (κ1) is 13.4. The Bertz CT molecular complexity index is 513. The van der Waals surface area contributed by atoms with Crippen LogP contribution in [-0.4, -0.2) is 23.9 Å². The fraction of sp³-hybridized carbons (Fsp3) is 0.562. The molecule has 0 unspecified atom stereocenters. The number of carbonyl (C=O) groups excluding carboxylic acids is 1. The Morgan fingerprint density at radius 3 is 2.40 bits per heavy atom. The number of piperidine rings is 1. The van der Waals surface area contributed by atoms with Crippen LogP contribution in [0.3, 0.4) is 0 Å². The SMILES string of the molecule is Nc1ccc(C(=O)N2CCC3(CCCC3)CC2)c(F)c1. The highest BCUT2D eigenvalue weighted by atomic mass is 19.1. The van der Waals surface area contributed by atoms with Gasteiger partial charge in [0.05, 0.1) is 5.56 Å². The number of hydrogen-bond acceptors (Lipinski definition) is 2. The molecule has 0 radical (unpaired) electrons. The van der Waals surface area contributed by atoms with Crippen molar-refractivity contribution in [2.75, 3.05) is 18.8 Å². The third kappa shape index (κ3) is 2.39. The second kappa shape index (κ2) is 5.08. The molecule has 3 rings (SSSR count). The molecule has 4 heteroatoms. The molecule has 1 spiro atoms. The van der Waals surface area contributed by atoms with Gasteiger partial charge in [-0.05, 0) is 49.3 Å². The van der Waals surface area contributed by atoms with E-state index in [9.17, 15) is 9.18 Å². The summed E-state index contributed by atoms with van der Waals surface area (Å²) in [7, 11) is 0. The van der Waals surface area contributed by atoms with Gasteiger partial charge < -0.3 is 10.6 Å². The molecule has 1 heterocycles. The number of likely N-dealkylation sites (tertiary alicyclic amines) is 1. The zero-order chi connectivity index (χ0) is 14.2. The van der Waals surface area contributed by atoms with E-state index in [-0.39, 0.29) is 11.5 Å². The number of benzene rings is 1. The number of carbonyl (C=O) groups is 1. The molecule has 2 N–H and O–H groups in total. The van der Waals surface area contributed by atoms with Gasteiger partial charge in [-0.2, -0.15) is 0 Å². The van der Waals surface area contributed by atoms with Crippen LogP contribution in [0.1, 0.15) is 48.9 Å². The number of halogens is 1. The quantitative estimate of drug-likeness (QED) is 0.801. The highest BCUT2D eigenvalue weighted by molar-refractivity contribution is 5.94. The van der Waals surface area contributed by atoms with E-state index in [2.05, 4.69) is 0 Å². The number of nitrogens with zero attached hydrogens (tertiary/aromatic N) is 1. The second-order valence-electron chi connectivity index (χ2n) is 6.24. The normalized spacial score (nSPS) is 21.4. The lowest BCUT2D eigenvalue weighted by atomic mass is 9.77. The minimum absolute atomic E-state index is 0.140. The topological polar surface area (TPSA) is 46.3 Å². The number of hydrogen-bond donors (Lipinski definition) is 1. The Balaban J connectivity index is 1.69. The summed E-state index contributed by atoms with van der Waals surface area (Å²) in [5.41, 5.74) is 6.48. The molecule has 3 nitrogen and oxygen atoms in total. The molecule has 0 atom stereocenters. The average Bonchev–Trinajstić information content (AvgIpc) is 2.87. The van der Waals surface area contributed by atoms with Gasteiger partial charge in [-0.1, -0.05) is 12.8 Å². The molecule has 1 aliphatic heterocycles. The fourth-order valence-electron chi connectivity index (χ4n) is 3.68.